The second-order valence-corrected chi connectivity index (χ2v) is 9.42. The van der Waals surface area contributed by atoms with Crippen molar-refractivity contribution in [3.8, 4) is 27.5 Å². The minimum Gasteiger partial charge on any atom is -0.245 e. The summed E-state index contributed by atoms with van der Waals surface area (Å²) >= 11 is 1.46. The third kappa shape index (κ3) is 4.01. The molecule has 10 heteroatoms. The predicted molar refractivity (Wildman–Crippen MR) is 108 cm³/mol. The van der Waals surface area contributed by atoms with Crippen molar-refractivity contribution < 1.29 is 21.6 Å². The van der Waals surface area contributed by atoms with E-state index in [4.69, 9.17) is 0 Å². The number of hydrogen-bond acceptors (Lipinski definition) is 5. The molecule has 5 nitrogen and oxygen atoms in total. The van der Waals surface area contributed by atoms with Crippen LogP contribution in [0.15, 0.2) is 71.1 Å². The Hall–Kier alpha value is -2.98. The standard InChI is InChI=1S/C20H14F3N3O2S2/c1-30(27,28)16-8-6-15(7-9-16)26-17(12-18(25-26)20(21,22)23)13-2-4-14(5-3-13)19-24-10-11-29-19/h2-12H,1H3. The summed E-state index contributed by atoms with van der Waals surface area (Å²) in [6.07, 6.45) is -1.88. The minimum atomic E-state index is -4.62. The maximum Gasteiger partial charge on any atom is 0.435 e. The summed E-state index contributed by atoms with van der Waals surface area (Å²) in [5.41, 5.74) is 0.907. The van der Waals surface area contributed by atoms with E-state index in [0.29, 0.717) is 11.3 Å². The number of halogens is 3. The quantitative estimate of drug-likeness (QED) is 0.436. The van der Waals surface area contributed by atoms with E-state index in [9.17, 15) is 21.6 Å². The average molecular weight is 449 g/mol. The summed E-state index contributed by atoms with van der Waals surface area (Å²) in [6.45, 7) is 0. The van der Waals surface area contributed by atoms with Gasteiger partial charge in [-0.1, -0.05) is 24.3 Å². The summed E-state index contributed by atoms with van der Waals surface area (Å²) in [5, 5.41) is 6.37. The number of benzene rings is 2. The zero-order valence-corrected chi connectivity index (χ0v) is 17.1. The first-order valence-corrected chi connectivity index (χ1v) is 11.4. The SMILES string of the molecule is CS(=O)(=O)c1ccc(-n2nc(C(F)(F)F)cc2-c2ccc(-c3nccs3)cc2)cc1. The van der Waals surface area contributed by atoms with Crippen molar-refractivity contribution >= 4 is 21.2 Å². The van der Waals surface area contributed by atoms with Gasteiger partial charge in [-0.25, -0.2) is 18.1 Å². The van der Waals surface area contributed by atoms with Crippen molar-refractivity contribution in [2.24, 2.45) is 0 Å². The molecule has 2 aromatic carbocycles. The molecule has 0 aliphatic carbocycles. The first-order valence-electron chi connectivity index (χ1n) is 8.61. The van der Waals surface area contributed by atoms with Gasteiger partial charge in [-0.2, -0.15) is 18.3 Å². The molecule has 0 bridgehead atoms. The van der Waals surface area contributed by atoms with Crippen LogP contribution in [0.4, 0.5) is 13.2 Å². The monoisotopic (exact) mass is 449 g/mol. The lowest BCUT2D eigenvalue weighted by Gasteiger charge is -2.09. The van der Waals surface area contributed by atoms with Gasteiger partial charge in [0.2, 0.25) is 0 Å². The Morgan fingerprint density at radius 3 is 2.13 bits per heavy atom. The van der Waals surface area contributed by atoms with Crippen molar-refractivity contribution in [2.45, 2.75) is 11.1 Å². The molecule has 0 radical (unpaired) electrons. The molecule has 2 heterocycles. The lowest BCUT2D eigenvalue weighted by atomic mass is 10.1. The fourth-order valence-corrected chi connectivity index (χ4v) is 4.18. The highest BCUT2D eigenvalue weighted by molar-refractivity contribution is 7.90. The Morgan fingerprint density at radius 2 is 1.60 bits per heavy atom. The van der Waals surface area contributed by atoms with Crippen LogP contribution in [0.25, 0.3) is 27.5 Å². The summed E-state index contributed by atoms with van der Waals surface area (Å²) in [7, 11) is -3.42. The zero-order chi connectivity index (χ0) is 21.5. The number of alkyl halides is 3. The van der Waals surface area contributed by atoms with Gasteiger partial charge in [0.1, 0.15) is 5.01 Å². The van der Waals surface area contributed by atoms with E-state index in [-0.39, 0.29) is 10.6 Å². The number of sulfone groups is 1. The smallest absolute Gasteiger partial charge is 0.245 e. The van der Waals surface area contributed by atoms with Gasteiger partial charge < -0.3 is 0 Å². The lowest BCUT2D eigenvalue weighted by molar-refractivity contribution is -0.141. The van der Waals surface area contributed by atoms with E-state index in [1.165, 1.54) is 35.6 Å². The summed E-state index contributed by atoms with van der Waals surface area (Å²) < 4.78 is 64.4. The molecule has 0 spiro atoms. The van der Waals surface area contributed by atoms with E-state index in [0.717, 1.165) is 27.6 Å². The van der Waals surface area contributed by atoms with Gasteiger partial charge in [-0.15, -0.1) is 11.3 Å². The number of hydrogen-bond donors (Lipinski definition) is 0. The van der Waals surface area contributed by atoms with Crippen LogP contribution >= 0.6 is 11.3 Å². The molecule has 0 saturated carbocycles. The Balaban J connectivity index is 1.80. The molecule has 2 aromatic heterocycles. The van der Waals surface area contributed by atoms with Crippen LogP contribution in [0, 0.1) is 0 Å². The van der Waals surface area contributed by atoms with Gasteiger partial charge in [0.25, 0.3) is 0 Å². The Bertz CT molecular complexity index is 1280. The number of nitrogens with zero attached hydrogens (tertiary/aromatic N) is 3. The molecule has 0 saturated heterocycles. The normalized spacial score (nSPS) is 12.3. The highest BCUT2D eigenvalue weighted by atomic mass is 32.2. The largest absolute Gasteiger partial charge is 0.435 e. The van der Waals surface area contributed by atoms with Gasteiger partial charge in [-0.05, 0) is 30.3 Å². The molecule has 0 amide bonds. The highest BCUT2D eigenvalue weighted by Gasteiger charge is 2.35. The molecular weight excluding hydrogens is 435 g/mol. The summed E-state index contributed by atoms with van der Waals surface area (Å²) in [4.78, 5) is 4.29. The number of rotatable bonds is 4. The maximum atomic E-state index is 13.3. The van der Waals surface area contributed by atoms with Gasteiger partial charge in [0, 0.05) is 29.0 Å². The Kier molecular flexibility index (Phi) is 4.99. The van der Waals surface area contributed by atoms with E-state index in [1.54, 1.807) is 30.5 Å². The van der Waals surface area contributed by atoms with Crippen LogP contribution in [0.3, 0.4) is 0 Å². The van der Waals surface area contributed by atoms with Crippen LogP contribution in [0.2, 0.25) is 0 Å². The third-order valence-electron chi connectivity index (χ3n) is 4.37. The first-order chi connectivity index (χ1) is 14.1. The molecule has 154 valence electrons. The van der Waals surface area contributed by atoms with Crippen molar-refractivity contribution in [1.82, 2.24) is 14.8 Å². The first kappa shape index (κ1) is 20.3. The highest BCUT2D eigenvalue weighted by Crippen LogP contribution is 2.34. The average Bonchev–Trinajstić information content (AvgIpc) is 3.37. The fourth-order valence-electron chi connectivity index (χ4n) is 2.91. The van der Waals surface area contributed by atoms with Crippen molar-refractivity contribution in [2.75, 3.05) is 6.26 Å². The Labute approximate surface area is 174 Å². The van der Waals surface area contributed by atoms with Gasteiger partial charge in [-0.3, -0.25) is 0 Å². The third-order valence-corrected chi connectivity index (χ3v) is 6.32. The van der Waals surface area contributed by atoms with Gasteiger partial charge in [0.05, 0.1) is 16.3 Å². The maximum absolute atomic E-state index is 13.3. The molecule has 30 heavy (non-hydrogen) atoms. The van der Waals surface area contributed by atoms with Crippen molar-refractivity contribution in [3.63, 3.8) is 0 Å². The second-order valence-electron chi connectivity index (χ2n) is 6.51. The number of thiazole rings is 1. The molecule has 4 aromatic rings. The van der Waals surface area contributed by atoms with Gasteiger partial charge >= 0.3 is 6.18 Å². The van der Waals surface area contributed by atoms with E-state index in [1.807, 2.05) is 5.38 Å². The second kappa shape index (κ2) is 7.37. The lowest BCUT2D eigenvalue weighted by Crippen LogP contribution is -2.07. The van der Waals surface area contributed by atoms with E-state index in [2.05, 4.69) is 10.1 Å². The van der Waals surface area contributed by atoms with E-state index < -0.39 is 21.7 Å². The zero-order valence-electron chi connectivity index (χ0n) is 15.5. The van der Waals surface area contributed by atoms with Crippen LogP contribution in [0.1, 0.15) is 5.69 Å². The van der Waals surface area contributed by atoms with Crippen LogP contribution in [-0.2, 0) is 16.0 Å². The van der Waals surface area contributed by atoms with Crippen LogP contribution in [-0.4, -0.2) is 29.4 Å². The molecule has 0 aliphatic rings. The van der Waals surface area contributed by atoms with Crippen LogP contribution in [0.5, 0.6) is 0 Å². The fraction of sp³-hybridized carbons (Fsp3) is 0.100. The summed E-state index contributed by atoms with van der Waals surface area (Å²) in [6, 6.07) is 13.5. The van der Waals surface area contributed by atoms with Crippen molar-refractivity contribution in [1.29, 1.82) is 0 Å². The molecule has 0 fully saturated rings. The summed E-state index contributed by atoms with van der Waals surface area (Å²) in [5.74, 6) is 0. The molecule has 0 unspecified atom stereocenters. The number of aromatic nitrogens is 3. The molecule has 4 rings (SSSR count). The minimum absolute atomic E-state index is 0.0730. The predicted octanol–water partition coefficient (Wildman–Crippen LogP) is 5.09. The van der Waals surface area contributed by atoms with Gasteiger partial charge in [0.15, 0.2) is 15.5 Å². The molecular formula is C20H14F3N3O2S2. The topological polar surface area (TPSA) is 64.8 Å². The van der Waals surface area contributed by atoms with Crippen LogP contribution < -0.4 is 0 Å². The molecule has 0 aliphatic heterocycles. The molecule has 0 atom stereocenters. The van der Waals surface area contributed by atoms with Crippen molar-refractivity contribution in [3.05, 3.63) is 71.9 Å². The Morgan fingerprint density at radius 1 is 0.967 bits per heavy atom. The molecule has 0 N–H and O–H groups in total. The van der Waals surface area contributed by atoms with E-state index >= 15 is 0 Å².